The van der Waals surface area contributed by atoms with Gasteiger partial charge in [-0.2, -0.15) is 5.10 Å². The van der Waals surface area contributed by atoms with Crippen LogP contribution in [0.5, 0.6) is 0 Å². The first kappa shape index (κ1) is 18.3. The van der Waals surface area contributed by atoms with Crippen LogP contribution in [-0.4, -0.2) is 49.0 Å². The molecule has 0 aliphatic carbocycles. The van der Waals surface area contributed by atoms with Crippen LogP contribution >= 0.6 is 0 Å². The third-order valence-corrected chi connectivity index (χ3v) is 3.98. The predicted molar refractivity (Wildman–Crippen MR) is 96.4 cm³/mol. The maximum absolute atomic E-state index is 12.5. The number of carbonyl (C=O) groups excluding carboxylic acids is 1. The molecule has 3 N–H and O–H groups in total. The van der Waals surface area contributed by atoms with Crippen LogP contribution in [0.4, 0.5) is 0 Å². The highest BCUT2D eigenvalue weighted by atomic mass is 16.4. The molecule has 2 atom stereocenters. The summed E-state index contributed by atoms with van der Waals surface area (Å²) < 4.78 is 1.44. The van der Waals surface area contributed by atoms with E-state index >= 15 is 0 Å². The van der Waals surface area contributed by atoms with Crippen LogP contribution in [0.15, 0.2) is 67.1 Å². The van der Waals surface area contributed by atoms with Crippen molar-refractivity contribution in [2.45, 2.75) is 18.6 Å². The zero-order chi connectivity index (χ0) is 19.2. The molecule has 0 unspecified atom stereocenters. The lowest BCUT2D eigenvalue weighted by Crippen LogP contribution is -2.48. The topological polar surface area (TPSA) is 117 Å². The van der Waals surface area contributed by atoms with Crippen LogP contribution < -0.4 is 5.32 Å². The van der Waals surface area contributed by atoms with Gasteiger partial charge in [-0.15, -0.1) is 0 Å². The molecule has 0 fully saturated rings. The maximum Gasteiger partial charge on any atom is 0.334 e. The second-order valence-corrected chi connectivity index (χ2v) is 5.91. The van der Waals surface area contributed by atoms with E-state index in [1.54, 1.807) is 48.7 Å². The van der Waals surface area contributed by atoms with Gasteiger partial charge >= 0.3 is 5.97 Å². The molecule has 0 saturated carbocycles. The Hall–Kier alpha value is -3.52. The lowest BCUT2D eigenvalue weighted by atomic mass is 10.0. The lowest BCUT2D eigenvalue weighted by molar-refractivity contribution is -0.148. The molecule has 27 heavy (non-hydrogen) atoms. The number of nitrogens with one attached hydrogen (secondary N) is 1. The number of hydrogen-bond acceptors (Lipinski definition) is 5. The molecule has 0 saturated heterocycles. The molecule has 2 heterocycles. The van der Waals surface area contributed by atoms with Crippen LogP contribution in [0.3, 0.4) is 0 Å². The first-order valence-corrected chi connectivity index (χ1v) is 8.26. The molecule has 0 spiro atoms. The van der Waals surface area contributed by atoms with Crippen molar-refractivity contribution in [3.8, 4) is 5.82 Å². The minimum atomic E-state index is -1.74. The number of carbonyl (C=O) groups is 2. The number of carboxylic acids is 1. The van der Waals surface area contributed by atoms with E-state index in [2.05, 4.69) is 15.4 Å². The summed E-state index contributed by atoms with van der Waals surface area (Å²) in [5, 5.41) is 25.8. The number of pyridine rings is 1. The summed E-state index contributed by atoms with van der Waals surface area (Å²) in [6.07, 6.45) is 2.89. The Morgan fingerprint density at radius 1 is 1.11 bits per heavy atom. The number of benzene rings is 1. The quantitative estimate of drug-likeness (QED) is 0.575. The summed E-state index contributed by atoms with van der Waals surface area (Å²) in [5.41, 5.74) is 1.03. The standard InChI is InChI=1S/C19H18N4O4/c24-17(19(26)27)15(10-13-6-2-1-3-7-13)22-18(25)14-11-21-23(12-14)16-8-4-5-9-20-16/h1-9,11-12,15,17,24H,10H2,(H,22,25)(H,26,27)/t15-,17-/m1/s1. The second-order valence-electron chi connectivity index (χ2n) is 5.91. The van der Waals surface area contributed by atoms with Gasteiger partial charge in [-0.3, -0.25) is 4.79 Å². The van der Waals surface area contributed by atoms with E-state index < -0.39 is 24.0 Å². The van der Waals surface area contributed by atoms with E-state index in [1.807, 2.05) is 6.07 Å². The average molecular weight is 366 g/mol. The summed E-state index contributed by atoms with van der Waals surface area (Å²) in [5.74, 6) is -1.39. The van der Waals surface area contributed by atoms with E-state index in [1.165, 1.54) is 17.1 Å². The van der Waals surface area contributed by atoms with Gasteiger partial charge in [0.05, 0.1) is 17.8 Å². The highest BCUT2D eigenvalue weighted by Crippen LogP contribution is 2.10. The first-order chi connectivity index (χ1) is 13.0. The Balaban J connectivity index is 1.76. The zero-order valence-electron chi connectivity index (χ0n) is 14.3. The third kappa shape index (κ3) is 4.56. The number of carboxylic acid groups (broad SMARTS) is 1. The van der Waals surface area contributed by atoms with Crippen molar-refractivity contribution < 1.29 is 19.8 Å². The molecule has 8 nitrogen and oxygen atoms in total. The Bertz CT molecular complexity index is 912. The number of hydrogen-bond donors (Lipinski definition) is 3. The van der Waals surface area contributed by atoms with E-state index in [9.17, 15) is 14.7 Å². The molecular weight excluding hydrogens is 348 g/mol. The molecule has 0 aliphatic rings. The maximum atomic E-state index is 12.5. The van der Waals surface area contributed by atoms with Gasteiger partial charge in [-0.1, -0.05) is 36.4 Å². The molecule has 0 aliphatic heterocycles. The Kier molecular flexibility index (Phi) is 5.58. The molecule has 3 rings (SSSR count). The molecular formula is C19H18N4O4. The zero-order valence-corrected chi connectivity index (χ0v) is 14.3. The van der Waals surface area contributed by atoms with Crippen LogP contribution in [0.2, 0.25) is 0 Å². The fourth-order valence-electron chi connectivity index (χ4n) is 2.59. The summed E-state index contributed by atoms with van der Waals surface area (Å²) in [7, 11) is 0. The highest BCUT2D eigenvalue weighted by molar-refractivity contribution is 5.94. The van der Waals surface area contributed by atoms with Crippen molar-refractivity contribution in [3.05, 3.63) is 78.2 Å². The minimum Gasteiger partial charge on any atom is -0.479 e. The van der Waals surface area contributed by atoms with Gasteiger partial charge in [0.25, 0.3) is 5.91 Å². The Labute approximate surface area is 155 Å². The van der Waals surface area contributed by atoms with Crippen LogP contribution in [0.1, 0.15) is 15.9 Å². The third-order valence-electron chi connectivity index (χ3n) is 3.98. The minimum absolute atomic E-state index is 0.175. The van der Waals surface area contributed by atoms with Crippen molar-refractivity contribution in [3.63, 3.8) is 0 Å². The number of aliphatic hydroxyl groups is 1. The van der Waals surface area contributed by atoms with Crippen LogP contribution in [-0.2, 0) is 11.2 Å². The number of aliphatic hydroxyl groups excluding tert-OH is 1. The normalized spacial score (nSPS) is 12.9. The van der Waals surface area contributed by atoms with Gasteiger partial charge in [-0.05, 0) is 24.1 Å². The SMILES string of the molecule is O=C(N[C@H](Cc1ccccc1)[C@@H](O)C(=O)O)c1cnn(-c2ccccn2)c1. The highest BCUT2D eigenvalue weighted by Gasteiger charge is 2.28. The van der Waals surface area contributed by atoms with Crippen LogP contribution in [0.25, 0.3) is 5.82 Å². The summed E-state index contributed by atoms with van der Waals surface area (Å²) in [4.78, 5) is 27.9. The molecule has 0 radical (unpaired) electrons. The van der Waals surface area contributed by atoms with E-state index in [0.29, 0.717) is 5.82 Å². The fraction of sp³-hybridized carbons (Fsp3) is 0.158. The van der Waals surface area contributed by atoms with Gasteiger partial charge in [0, 0.05) is 12.4 Å². The molecule has 8 heteroatoms. The predicted octanol–water partition coefficient (Wildman–Crippen LogP) is 1.05. The molecule has 1 amide bonds. The van der Waals surface area contributed by atoms with Gasteiger partial charge in [-0.25, -0.2) is 14.5 Å². The van der Waals surface area contributed by atoms with Crippen molar-refractivity contribution in [2.75, 3.05) is 0 Å². The number of nitrogens with zero attached hydrogens (tertiary/aromatic N) is 3. The average Bonchev–Trinajstić information content (AvgIpc) is 3.18. The monoisotopic (exact) mass is 366 g/mol. The Morgan fingerprint density at radius 2 is 1.85 bits per heavy atom. The van der Waals surface area contributed by atoms with Gasteiger partial charge in [0.2, 0.25) is 0 Å². The van der Waals surface area contributed by atoms with Gasteiger partial charge < -0.3 is 15.5 Å². The van der Waals surface area contributed by atoms with Crippen molar-refractivity contribution in [1.82, 2.24) is 20.1 Å². The lowest BCUT2D eigenvalue weighted by Gasteiger charge is -2.21. The Morgan fingerprint density at radius 3 is 2.52 bits per heavy atom. The first-order valence-electron chi connectivity index (χ1n) is 8.26. The molecule has 2 aromatic heterocycles. The second kappa shape index (κ2) is 8.24. The molecule has 138 valence electrons. The van der Waals surface area contributed by atoms with Crippen molar-refractivity contribution in [2.24, 2.45) is 0 Å². The molecule has 1 aromatic carbocycles. The largest absolute Gasteiger partial charge is 0.479 e. The van der Waals surface area contributed by atoms with Gasteiger partial charge in [0.15, 0.2) is 11.9 Å². The van der Waals surface area contributed by atoms with E-state index in [4.69, 9.17) is 5.11 Å². The fourth-order valence-corrected chi connectivity index (χ4v) is 2.59. The van der Waals surface area contributed by atoms with E-state index in [0.717, 1.165) is 5.56 Å². The molecule has 3 aromatic rings. The number of rotatable bonds is 7. The van der Waals surface area contributed by atoms with E-state index in [-0.39, 0.29) is 12.0 Å². The summed E-state index contributed by atoms with van der Waals surface area (Å²) in [6.45, 7) is 0. The number of amides is 1. The smallest absolute Gasteiger partial charge is 0.334 e. The van der Waals surface area contributed by atoms with Crippen molar-refractivity contribution >= 4 is 11.9 Å². The summed E-state index contributed by atoms with van der Waals surface area (Å²) >= 11 is 0. The number of aliphatic carboxylic acids is 1. The van der Waals surface area contributed by atoms with Crippen LogP contribution in [0, 0.1) is 0 Å². The van der Waals surface area contributed by atoms with Gasteiger partial charge in [0.1, 0.15) is 0 Å². The molecule has 0 bridgehead atoms. The summed E-state index contributed by atoms with van der Waals surface area (Å²) in [6, 6.07) is 13.3. The van der Waals surface area contributed by atoms with Crippen molar-refractivity contribution in [1.29, 1.82) is 0 Å². The number of aromatic nitrogens is 3.